The molecule has 1 aromatic rings. The van der Waals surface area contributed by atoms with Crippen LogP contribution >= 0.6 is 0 Å². The molecule has 0 heterocycles. The van der Waals surface area contributed by atoms with Crippen molar-refractivity contribution in [2.75, 3.05) is 0 Å². The van der Waals surface area contributed by atoms with Gasteiger partial charge in [-0.15, -0.1) is 0 Å². The maximum atomic E-state index is 2.38. The van der Waals surface area contributed by atoms with Crippen molar-refractivity contribution in [1.29, 1.82) is 0 Å². The lowest BCUT2D eigenvalue weighted by Gasteiger charge is -2.40. The maximum Gasteiger partial charge on any atom is -0.00169 e. The quantitative estimate of drug-likeness (QED) is 0.179. The van der Waals surface area contributed by atoms with Gasteiger partial charge in [0.2, 0.25) is 0 Å². The average molecular weight is 2050 g/mol. The second kappa shape index (κ2) is 80.2. The Bertz CT molecular complexity index is 3490. The van der Waals surface area contributed by atoms with Crippen LogP contribution in [0.2, 0.25) is 0 Å². The molecule has 0 N–H and O–H groups in total. The van der Waals surface area contributed by atoms with Crippen molar-refractivity contribution in [3.05, 3.63) is 169 Å². The Labute approximate surface area is 934 Å². The van der Waals surface area contributed by atoms with Crippen molar-refractivity contribution in [3.8, 4) is 0 Å². The largest absolute Gasteiger partial charge is 0.0885 e. The zero-order valence-electron chi connectivity index (χ0n) is 99.5. The minimum Gasteiger partial charge on any atom is -0.0885 e. The molecule has 0 amide bonds. The lowest BCUT2D eigenvalue weighted by molar-refractivity contribution is 0.116. The molecule has 0 heteroatoms. The summed E-state index contributed by atoms with van der Waals surface area (Å²) in [7, 11) is 0. The van der Waals surface area contributed by atoms with Crippen molar-refractivity contribution in [1.82, 2.24) is 0 Å². The molecule has 0 spiro atoms. The van der Waals surface area contributed by atoms with Crippen molar-refractivity contribution < 1.29 is 0 Å². The highest BCUT2D eigenvalue weighted by Crippen LogP contribution is 2.56. The molecule has 848 valence electrons. The zero-order chi connectivity index (χ0) is 103. The van der Waals surface area contributed by atoms with Crippen LogP contribution in [-0.4, -0.2) is 0 Å². The number of aryl methyl sites for hydroxylation is 2. The standard InChI is InChI=1S/C10H18.C10H12.C9H16.C9H12.C8H14.C8H10.C8H14.C8H16.C7H12.C7H10.C7H12.C7H14.C6H10.C6H12.C6H10.2C6H8.C5H8.C5H10.C5H8.C4H8.C3H6/c2*1-2-6-10-8-4-3-7-9(10)5-1;2*1-2-5-9-7-3-6-8(9)4-1;2*1-3-7-5-2-6-8(7)4-1;1-2-8-5-3-7(1)4-6-8;1-2-4-6-8-7-5-3-1;2*1-2-7-4-3-6(1)5-7;1-2-6-4-7(3-1)5-6;1-2-4-6-7-5-3-1;1-2-5-4-6(5)3-1;4*1-2-4-6-5-3-1;1-2-5-3-4(1)5;2*1-2-4-5-3-1;1-2-4-3-1;1-2-3-1/h9-10H,1-8H2;1-2,5-6H,3-4,7-8H2;8-9H,1-7H2;1-3,6,8-9H,4-5,7H2;7-8H,1-6H2;1,3-4,7H,2,5-6H2;7-8H,1-6H2;1-8H2;6-7H,1-5H2;1-2,6-7H,3-5H2;6-7H,1-5H2;1-7H2;5-6H,1-4H2;1-6H2;1-2H,3-6H2;1-2,5-6H,3-4H2;1-4H,5-6H2;4-5H,1-3H2;1-5H2;1-2H,3-5H2;1-4H2;1-3H2. The molecule has 0 nitrogen and oxygen atoms in total. The summed E-state index contributed by atoms with van der Waals surface area (Å²) in [5.74, 6) is 23.6. The van der Waals surface area contributed by atoms with E-state index in [2.05, 4.69) is 152 Å². The Morgan fingerprint density at radius 3 is 0.707 bits per heavy atom. The second-order valence-corrected chi connectivity index (χ2v) is 55.0. The van der Waals surface area contributed by atoms with Gasteiger partial charge < -0.3 is 0 Å². The molecule has 0 radical (unpaired) electrons. The van der Waals surface area contributed by atoms with Crippen LogP contribution < -0.4 is 0 Å². The van der Waals surface area contributed by atoms with E-state index in [4.69, 9.17) is 0 Å². The van der Waals surface area contributed by atoms with E-state index in [9.17, 15) is 0 Å². The summed E-state index contributed by atoms with van der Waals surface area (Å²) in [5, 5.41) is 0. The summed E-state index contributed by atoms with van der Waals surface area (Å²) in [6, 6.07) is 8.80. The molecule has 0 aliphatic heterocycles. The summed E-state index contributed by atoms with van der Waals surface area (Å²) in [6.45, 7) is 0. The van der Waals surface area contributed by atoms with Crippen LogP contribution in [-0.2, 0) is 12.8 Å². The lowest BCUT2D eigenvalue weighted by Crippen LogP contribution is -2.28. The second-order valence-electron chi connectivity index (χ2n) is 55.0. The van der Waals surface area contributed by atoms with Gasteiger partial charge in [0.1, 0.15) is 0 Å². The Morgan fingerprint density at radius 2 is 0.473 bits per heavy atom. The first kappa shape index (κ1) is 123. The Morgan fingerprint density at radius 1 is 0.160 bits per heavy atom. The third-order valence-electron chi connectivity index (χ3n) is 42.6. The lowest BCUT2D eigenvalue weighted by atomic mass is 9.65. The van der Waals surface area contributed by atoms with Gasteiger partial charge in [-0.25, -0.2) is 0 Å². The third-order valence-corrected chi connectivity index (χ3v) is 42.6. The molecule has 11 unspecified atom stereocenters. The van der Waals surface area contributed by atoms with Crippen LogP contribution in [0.25, 0.3) is 0 Å². The molecule has 26 fully saturated rings. The number of hydrogen-bond acceptors (Lipinski definition) is 0. The normalized spacial score (nSPS) is 34.2. The van der Waals surface area contributed by atoms with Crippen molar-refractivity contribution >= 4 is 0 Å². The zero-order valence-corrected chi connectivity index (χ0v) is 99.5. The van der Waals surface area contributed by atoms with Crippen LogP contribution in [0.1, 0.15) is 647 Å². The molecule has 0 saturated heterocycles. The van der Waals surface area contributed by atoms with E-state index < -0.39 is 0 Å². The van der Waals surface area contributed by atoms with Gasteiger partial charge in [0.25, 0.3) is 0 Å². The van der Waals surface area contributed by atoms with Crippen LogP contribution in [0.4, 0.5) is 0 Å². The molecule has 0 aromatic heterocycles. The first-order valence-electron chi connectivity index (χ1n) is 69.9. The highest BCUT2D eigenvalue weighted by Gasteiger charge is 2.45. The number of benzene rings is 1. The Hall–Kier alpha value is -3.64. The first-order valence-corrected chi connectivity index (χ1v) is 69.9. The molecule has 36 rings (SSSR count). The highest BCUT2D eigenvalue weighted by molar-refractivity contribution is 5.30. The van der Waals surface area contributed by atoms with Crippen molar-refractivity contribution in [3.63, 3.8) is 0 Å². The van der Waals surface area contributed by atoms with Crippen LogP contribution in [0.15, 0.2) is 157 Å². The van der Waals surface area contributed by atoms with Gasteiger partial charge in [0.15, 0.2) is 0 Å². The number of allylic oxidation sites excluding steroid dienone is 22. The molecule has 11 atom stereocenters. The summed E-state index contributed by atoms with van der Waals surface area (Å²) < 4.78 is 0. The van der Waals surface area contributed by atoms with Gasteiger partial charge in [0, 0.05) is 0 Å². The van der Waals surface area contributed by atoms with E-state index in [-0.39, 0.29) is 0 Å². The minimum atomic E-state index is 0.856. The summed E-state index contributed by atoms with van der Waals surface area (Å²) in [6.07, 6.45) is 197. The topological polar surface area (TPSA) is 0 Å². The average Bonchev–Trinajstić information content (AvgIpc) is 1.65. The summed E-state index contributed by atoms with van der Waals surface area (Å²) in [4.78, 5) is 0. The van der Waals surface area contributed by atoms with E-state index in [0.717, 1.165) is 66.1 Å². The fourth-order valence-corrected chi connectivity index (χ4v) is 31.5. The van der Waals surface area contributed by atoms with Crippen molar-refractivity contribution in [2.45, 2.75) is 649 Å². The van der Waals surface area contributed by atoms with Gasteiger partial charge in [-0.3, -0.25) is 0 Å². The number of hydrogen-bond donors (Lipinski definition) is 0. The molecule has 8 bridgehead atoms. The third kappa shape index (κ3) is 55.0. The number of fused-ring (bicyclic) bond motifs is 17. The Kier molecular flexibility index (Phi) is 65.9. The van der Waals surface area contributed by atoms with Crippen LogP contribution in [0.5, 0.6) is 0 Å². The minimum absolute atomic E-state index is 0.856. The predicted octanol–water partition coefficient (Wildman–Crippen LogP) is 49.0. The van der Waals surface area contributed by atoms with Gasteiger partial charge in [-0.1, -0.05) is 607 Å². The van der Waals surface area contributed by atoms with E-state index in [0.29, 0.717) is 0 Å². The summed E-state index contributed by atoms with van der Waals surface area (Å²) in [5.41, 5.74) is 4.83. The fourth-order valence-electron chi connectivity index (χ4n) is 31.5. The summed E-state index contributed by atoms with van der Waals surface area (Å²) >= 11 is 0. The molecule has 26 saturated carbocycles. The van der Waals surface area contributed by atoms with Gasteiger partial charge in [0.05, 0.1) is 0 Å². The SMILES string of the molecule is C1=CC2CCC1C2.C1=CC2CCCC2=C1.C1=CCC2CC=CC2C1.C1=CCC=CC1.C1=CCCC1.C1=CCCC=C1.C1=CCCCC1.C1CC1.C1CC2CC(C1)C2.C1CC2CC12.C1CC2CC2C1.C1CC2CCC1C2.C1CC2CCC1CC2.C1CC2CCCC2C1.C1CCC1.C1CCC2CCCC2C1.C1CCC2CCCCC2C1.C1CCCC1.C1CCCCC1.C1CCCCCC1.C1CCCCCCC1.c1ccc2c(c1)CCCC2. The van der Waals surface area contributed by atoms with Gasteiger partial charge >= 0.3 is 0 Å². The molecular formula is C150H248. The van der Waals surface area contributed by atoms with Crippen molar-refractivity contribution in [2.24, 2.45) is 124 Å². The maximum absolute atomic E-state index is 2.38. The predicted molar refractivity (Wildman–Crippen MR) is 664 cm³/mol. The molecule has 35 aliphatic carbocycles. The van der Waals surface area contributed by atoms with Crippen LogP contribution in [0, 0.1) is 124 Å². The highest BCUT2D eigenvalue weighted by atomic mass is 14.5. The van der Waals surface area contributed by atoms with E-state index in [1.807, 2.05) is 0 Å². The smallest absolute Gasteiger partial charge is 0.00169 e. The van der Waals surface area contributed by atoms with Crippen LogP contribution in [0.3, 0.4) is 0 Å². The van der Waals surface area contributed by atoms with E-state index >= 15 is 0 Å². The van der Waals surface area contributed by atoms with Gasteiger partial charge in [-0.2, -0.15) is 0 Å². The molecule has 35 aliphatic rings. The van der Waals surface area contributed by atoms with E-state index in [1.165, 1.54) is 495 Å². The molecular weight excluding hydrogens is 1800 g/mol. The first-order chi connectivity index (χ1) is 74.5. The monoisotopic (exact) mass is 2050 g/mol. The molecule has 150 heavy (non-hydrogen) atoms. The van der Waals surface area contributed by atoms with E-state index in [1.54, 1.807) is 229 Å². The Balaban J connectivity index is 0.000000131. The van der Waals surface area contributed by atoms with Gasteiger partial charge in [-0.05, 0) is 334 Å². The molecule has 1 aromatic carbocycles. The number of rotatable bonds is 0. The fraction of sp³-hybridized carbons (Fsp3) is 0.813.